The molecule has 0 unspecified atom stereocenters. The molecule has 0 saturated heterocycles. The molecular weight excluding hydrogens is 723 g/mol. The lowest BCUT2D eigenvalue weighted by Crippen LogP contribution is -2.09. The van der Waals surface area contributed by atoms with Gasteiger partial charge in [-0.15, -0.1) is 22.7 Å². The lowest BCUT2D eigenvalue weighted by atomic mass is 9.99. The number of para-hydroxylation sites is 3. The van der Waals surface area contributed by atoms with E-state index in [1.54, 1.807) is 11.3 Å². The molecule has 8 aromatic carbocycles. The van der Waals surface area contributed by atoms with Crippen LogP contribution in [-0.4, -0.2) is 9.97 Å². The summed E-state index contributed by atoms with van der Waals surface area (Å²) in [6.45, 7) is 0. The molecule has 56 heavy (non-hydrogen) atoms. The molecule has 0 aliphatic rings. The standard InChI is InChI=1S/C50H31N3OS2/c1-5-11-46-38(7-1)31-48(55-46)34-20-24-40(25-21-34)53(41-26-22-36(23-27-41)50-52-44-9-3-6-12-47(44)56-50)42-28-19-33-15-18-37(29-39(33)30-42)32-13-16-35(17-14-32)49-51-43-8-2-4-10-45(43)54-49/h1-31H. The summed E-state index contributed by atoms with van der Waals surface area (Å²) in [5.74, 6) is 0.631. The summed E-state index contributed by atoms with van der Waals surface area (Å²) < 4.78 is 8.53. The van der Waals surface area contributed by atoms with Crippen molar-refractivity contribution in [3.05, 3.63) is 188 Å². The molecule has 0 atom stereocenters. The van der Waals surface area contributed by atoms with Crippen molar-refractivity contribution in [1.82, 2.24) is 9.97 Å². The Morgan fingerprint density at radius 3 is 1.79 bits per heavy atom. The van der Waals surface area contributed by atoms with E-state index in [0.29, 0.717) is 5.89 Å². The Bertz CT molecular complexity index is 2980. The number of hydrogen-bond acceptors (Lipinski definition) is 6. The summed E-state index contributed by atoms with van der Waals surface area (Å²) in [5, 5.41) is 4.66. The second-order valence-corrected chi connectivity index (χ2v) is 16.0. The number of thiazole rings is 1. The Hall–Kier alpha value is -6.86. The molecule has 0 fully saturated rings. The number of benzene rings is 8. The number of nitrogens with zero attached hydrogens (tertiary/aromatic N) is 3. The van der Waals surface area contributed by atoms with Crippen molar-refractivity contribution in [3.8, 4) is 43.6 Å². The zero-order valence-corrected chi connectivity index (χ0v) is 31.6. The summed E-state index contributed by atoms with van der Waals surface area (Å²) in [5.41, 5.74) is 11.5. The maximum absolute atomic E-state index is 6.03. The van der Waals surface area contributed by atoms with Gasteiger partial charge in [0.1, 0.15) is 10.5 Å². The van der Waals surface area contributed by atoms with Crippen LogP contribution in [-0.2, 0) is 0 Å². The third kappa shape index (κ3) is 5.93. The van der Waals surface area contributed by atoms with Crippen LogP contribution in [0.25, 0.3) is 85.8 Å². The molecule has 0 N–H and O–H groups in total. The van der Waals surface area contributed by atoms with Crippen molar-refractivity contribution in [3.63, 3.8) is 0 Å². The van der Waals surface area contributed by atoms with Crippen LogP contribution < -0.4 is 4.90 Å². The van der Waals surface area contributed by atoms with Gasteiger partial charge in [0.2, 0.25) is 5.89 Å². The molecule has 0 spiro atoms. The summed E-state index contributed by atoms with van der Waals surface area (Å²) in [7, 11) is 0. The predicted octanol–water partition coefficient (Wildman–Crippen LogP) is 14.9. The molecule has 0 bridgehead atoms. The van der Waals surface area contributed by atoms with Gasteiger partial charge in [0.25, 0.3) is 0 Å². The van der Waals surface area contributed by atoms with Crippen LogP contribution in [0, 0.1) is 0 Å². The van der Waals surface area contributed by atoms with Crippen LogP contribution in [0.1, 0.15) is 0 Å². The zero-order valence-electron chi connectivity index (χ0n) is 30.0. The minimum atomic E-state index is 0.631. The molecule has 11 rings (SSSR count). The average molecular weight is 754 g/mol. The number of rotatable bonds is 7. The van der Waals surface area contributed by atoms with Crippen molar-refractivity contribution in [1.29, 1.82) is 0 Å². The fraction of sp³-hybridized carbons (Fsp3) is 0. The fourth-order valence-corrected chi connectivity index (χ4v) is 9.49. The van der Waals surface area contributed by atoms with Crippen LogP contribution in [0.4, 0.5) is 17.1 Å². The van der Waals surface area contributed by atoms with Crippen LogP contribution in [0.2, 0.25) is 0 Å². The molecule has 11 aromatic rings. The first-order valence-electron chi connectivity index (χ1n) is 18.5. The molecule has 0 aliphatic heterocycles. The Morgan fingerprint density at radius 1 is 0.393 bits per heavy atom. The van der Waals surface area contributed by atoms with Crippen molar-refractivity contribution < 1.29 is 4.42 Å². The van der Waals surface area contributed by atoms with E-state index >= 15 is 0 Å². The molecule has 0 amide bonds. The average Bonchev–Trinajstić information content (AvgIpc) is 4.01. The molecule has 0 saturated carbocycles. The van der Waals surface area contributed by atoms with E-state index in [4.69, 9.17) is 9.40 Å². The van der Waals surface area contributed by atoms with E-state index in [2.05, 4.69) is 168 Å². The Labute approximate surface area is 331 Å². The van der Waals surface area contributed by atoms with Gasteiger partial charge in [-0.1, -0.05) is 84.9 Å². The normalized spacial score (nSPS) is 11.6. The lowest BCUT2D eigenvalue weighted by Gasteiger charge is -2.26. The van der Waals surface area contributed by atoms with Crippen LogP contribution in [0.3, 0.4) is 0 Å². The smallest absolute Gasteiger partial charge is 0.227 e. The van der Waals surface area contributed by atoms with Crippen LogP contribution in [0.5, 0.6) is 0 Å². The summed E-state index contributed by atoms with van der Waals surface area (Å²) in [4.78, 5) is 13.2. The topological polar surface area (TPSA) is 42.2 Å². The first-order valence-corrected chi connectivity index (χ1v) is 20.2. The minimum Gasteiger partial charge on any atom is -0.436 e. The molecule has 4 nitrogen and oxygen atoms in total. The highest BCUT2D eigenvalue weighted by Crippen LogP contribution is 2.41. The largest absolute Gasteiger partial charge is 0.436 e. The van der Waals surface area contributed by atoms with Crippen molar-refractivity contribution >= 4 is 81.9 Å². The van der Waals surface area contributed by atoms with Gasteiger partial charge in [-0.2, -0.15) is 0 Å². The molecule has 3 aromatic heterocycles. The van der Waals surface area contributed by atoms with Gasteiger partial charge in [0, 0.05) is 37.8 Å². The minimum absolute atomic E-state index is 0.631. The number of thiophene rings is 1. The second-order valence-electron chi connectivity index (χ2n) is 13.9. The molecule has 0 radical (unpaired) electrons. The number of oxazole rings is 1. The Morgan fingerprint density at radius 2 is 1.02 bits per heavy atom. The van der Waals surface area contributed by atoms with Crippen molar-refractivity contribution in [2.24, 2.45) is 0 Å². The maximum atomic E-state index is 6.03. The summed E-state index contributed by atoms with van der Waals surface area (Å²) in [6.07, 6.45) is 0. The molecular formula is C50H31N3OS2. The van der Waals surface area contributed by atoms with Gasteiger partial charge in [0.15, 0.2) is 5.58 Å². The highest BCUT2D eigenvalue weighted by atomic mass is 32.1. The van der Waals surface area contributed by atoms with Gasteiger partial charge >= 0.3 is 0 Å². The molecule has 3 heterocycles. The Kier molecular flexibility index (Phi) is 7.83. The monoisotopic (exact) mass is 753 g/mol. The molecule has 0 aliphatic carbocycles. The van der Waals surface area contributed by atoms with E-state index in [-0.39, 0.29) is 0 Å². The predicted molar refractivity (Wildman–Crippen MR) is 237 cm³/mol. The third-order valence-electron chi connectivity index (χ3n) is 10.3. The Balaban J connectivity index is 0.960. The highest BCUT2D eigenvalue weighted by molar-refractivity contribution is 7.22. The van der Waals surface area contributed by atoms with E-state index in [0.717, 1.165) is 60.9 Å². The number of hydrogen-bond donors (Lipinski definition) is 0. The number of fused-ring (bicyclic) bond motifs is 4. The SMILES string of the molecule is c1ccc2sc(-c3ccc(N(c4ccc(-c5nc6ccccc6s5)cc4)c4ccc5ccc(-c6ccc(-c7nc8ccccc8o7)cc6)cc5c4)cc3)cc2c1. The van der Waals surface area contributed by atoms with Crippen molar-refractivity contribution in [2.75, 3.05) is 4.90 Å². The van der Waals surface area contributed by atoms with E-state index in [1.807, 2.05) is 41.7 Å². The lowest BCUT2D eigenvalue weighted by molar-refractivity contribution is 0.620. The van der Waals surface area contributed by atoms with Gasteiger partial charge < -0.3 is 9.32 Å². The van der Waals surface area contributed by atoms with E-state index in [1.165, 1.54) is 36.0 Å². The maximum Gasteiger partial charge on any atom is 0.227 e. The van der Waals surface area contributed by atoms with E-state index < -0.39 is 0 Å². The van der Waals surface area contributed by atoms with Gasteiger partial charge in [-0.05, 0) is 136 Å². The first kappa shape index (κ1) is 32.6. The quantitative estimate of drug-likeness (QED) is 0.163. The first-order chi connectivity index (χ1) is 27.7. The summed E-state index contributed by atoms with van der Waals surface area (Å²) >= 11 is 3.56. The third-order valence-corrected chi connectivity index (χ3v) is 12.6. The molecule has 6 heteroatoms. The fourth-order valence-electron chi connectivity index (χ4n) is 7.45. The van der Waals surface area contributed by atoms with Crippen LogP contribution >= 0.6 is 22.7 Å². The van der Waals surface area contributed by atoms with Crippen LogP contribution in [0.15, 0.2) is 192 Å². The summed E-state index contributed by atoms with van der Waals surface area (Å²) in [6, 6.07) is 66.7. The van der Waals surface area contributed by atoms with Gasteiger partial charge in [0.05, 0.1) is 10.2 Å². The second kappa shape index (κ2) is 13.5. The van der Waals surface area contributed by atoms with E-state index in [9.17, 15) is 0 Å². The molecule has 264 valence electrons. The van der Waals surface area contributed by atoms with Gasteiger partial charge in [-0.25, -0.2) is 9.97 Å². The number of aromatic nitrogens is 2. The highest BCUT2D eigenvalue weighted by Gasteiger charge is 2.16. The zero-order chi connectivity index (χ0) is 37.0. The number of anilines is 3. The van der Waals surface area contributed by atoms with Crippen molar-refractivity contribution in [2.45, 2.75) is 0 Å². The van der Waals surface area contributed by atoms with Gasteiger partial charge in [-0.3, -0.25) is 0 Å².